The molecule has 1 aliphatic rings. The van der Waals surface area contributed by atoms with Crippen molar-refractivity contribution in [2.75, 3.05) is 38.6 Å². The summed E-state index contributed by atoms with van der Waals surface area (Å²) < 4.78 is 7.23. The molecular formula is C23H28ClN7O2. The van der Waals surface area contributed by atoms with Gasteiger partial charge in [-0.25, -0.2) is 9.97 Å². The minimum Gasteiger partial charge on any atom is -0.495 e. The van der Waals surface area contributed by atoms with Crippen molar-refractivity contribution in [3.05, 3.63) is 47.2 Å². The number of aromatic nitrogens is 4. The van der Waals surface area contributed by atoms with Gasteiger partial charge in [0.1, 0.15) is 17.1 Å². The summed E-state index contributed by atoms with van der Waals surface area (Å²) in [6.45, 7) is 7.55. The topological polar surface area (TPSA) is 88.4 Å². The van der Waals surface area contributed by atoms with Gasteiger partial charge in [0.2, 0.25) is 5.95 Å². The fraction of sp³-hybridized carbons (Fsp3) is 0.391. The maximum Gasteiger partial charge on any atom is 0.254 e. The van der Waals surface area contributed by atoms with Crippen LogP contribution in [0.2, 0.25) is 5.02 Å². The number of ether oxygens (including phenoxy) is 1. The fourth-order valence-corrected chi connectivity index (χ4v) is 4.01. The molecule has 1 amide bonds. The zero-order valence-corrected chi connectivity index (χ0v) is 20.0. The molecule has 33 heavy (non-hydrogen) atoms. The van der Waals surface area contributed by atoms with E-state index in [1.807, 2.05) is 24.2 Å². The third kappa shape index (κ3) is 5.09. The number of hydrogen-bond acceptors (Lipinski definition) is 7. The maximum atomic E-state index is 13.0. The second kappa shape index (κ2) is 9.76. The predicted octanol–water partition coefficient (Wildman–Crippen LogP) is 3.45. The molecule has 3 heterocycles. The van der Waals surface area contributed by atoms with Crippen LogP contribution in [0.1, 0.15) is 24.2 Å². The molecule has 3 aromatic rings. The summed E-state index contributed by atoms with van der Waals surface area (Å²) in [7, 11) is 3.40. The number of nitrogens with one attached hydrogen (secondary N) is 1. The third-order valence-electron chi connectivity index (χ3n) is 5.73. The van der Waals surface area contributed by atoms with Crippen LogP contribution < -0.4 is 10.1 Å². The van der Waals surface area contributed by atoms with Crippen molar-refractivity contribution < 1.29 is 9.53 Å². The van der Waals surface area contributed by atoms with Crippen LogP contribution in [-0.4, -0.2) is 74.8 Å². The van der Waals surface area contributed by atoms with Crippen LogP contribution in [0.4, 0.5) is 11.6 Å². The molecule has 2 aromatic heterocycles. The molecule has 1 fully saturated rings. The lowest BCUT2D eigenvalue weighted by Crippen LogP contribution is -2.50. The van der Waals surface area contributed by atoms with Crippen LogP contribution in [0.5, 0.6) is 5.75 Å². The van der Waals surface area contributed by atoms with Crippen molar-refractivity contribution in [1.29, 1.82) is 0 Å². The van der Waals surface area contributed by atoms with Gasteiger partial charge in [0.15, 0.2) is 0 Å². The van der Waals surface area contributed by atoms with Gasteiger partial charge < -0.3 is 15.0 Å². The molecule has 1 saturated heterocycles. The van der Waals surface area contributed by atoms with E-state index in [-0.39, 0.29) is 5.91 Å². The molecular weight excluding hydrogens is 442 g/mol. The van der Waals surface area contributed by atoms with E-state index < -0.39 is 0 Å². The largest absolute Gasteiger partial charge is 0.495 e. The Bertz CT molecular complexity index is 1140. The van der Waals surface area contributed by atoms with E-state index in [1.54, 1.807) is 30.0 Å². The Hall–Kier alpha value is -3.17. The van der Waals surface area contributed by atoms with Crippen molar-refractivity contribution >= 4 is 29.1 Å². The second-order valence-corrected chi connectivity index (χ2v) is 8.63. The quantitative estimate of drug-likeness (QED) is 0.591. The Morgan fingerprint density at radius 3 is 2.58 bits per heavy atom. The van der Waals surface area contributed by atoms with Gasteiger partial charge in [-0.1, -0.05) is 11.6 Å². The summed E-state index contributed by atoms with van der Waals surface area (Å²) in [5, 5.41) is 7.92. The minimum atomic E-state index is 0.00318. The molecule has 0 radical (unpaired) electrons. The Morgan fingerprint density at radius 1 is 1.18 bits per heavy atom. The summed E-state index contributed by atoms with van der Waals surface area (Å²) in [4.78, 5) is 26.1. The van der Waals surface area contributed by atoms with E-state index in [0.717, 1.165) is 13.1 Å². The van der Waals surface area contributed by atoms with Crippen molar-refractivity contribution in [3.8, 4) is 17.1 Å². The summed E-state index contributed by atoms with van der Waals surface area (Å²) >= 11 is 6.29. The smallest absolute Gasteiger partial charge is 0.254 e. The third-order valence-corrected chi connectivity index (χ3v) is 6.00. The van der Waals surface area contributed by atoms with E-state index in [4.69, 9.17) is 16.3 Å². The van der Waals surface area contributed by atoms with Gasteiger partial charge in [0.05, 0.1) is 24.0 Å². The second-order valence-electron chi connectivity index (χ2n) is 8.23. The zero-order valence-electron chi connectivity index (χ0n) is 19.2. The molecule has 0 atom stereocenters. The van der Waals surface area contributed by atoms with Gasteiger partial charge in [-0.3, -0.25) is 14.4 Å². The molecule has 1 N–H and O–H groups in total. The Labute approximate surface area is 198 Å². The molecule has 9 nitrogen and oxygen atoms in total. The Morgan fingerprint density at radius 2 is 1.94 bits per heavy atom. The molecule has 174 valence electrons. The fourth-order valence-electron chi connectivity index (χ4n) is 3.82. The number of methoxy groups -OCH3 is 1. The molecule has 1 aromatic carbocycles. The summed E-state index contributed by atoms with van der Waals surface area (Å²) in [6.07, 6.45) is 3.35. The van der Waals surface area contributed by atoms with Crippen molar-refractivity contribution in [2.24, 2.45) is 7.05 Å². The van der Waals surface area contributed by atoms with Gasteiger partial charge in [-0.2, -0.15) is 5.10 Å². The molecule has 0 spiro atoms. The molecule has 0 bridgehead atoms. The first kappa shape index (κ1) is 23.0. The van der Waals surface area contributed by atoms with Crippen LogP contribution >= 0.6 is 11.6 Å². The SMILES string of the molecule is COc1cc(C(=O)N2CCN(C(C)C)CC2)ccc1Nc1ncc(Cl)c(-c2ccn(C)n2)n1. The average molecular weight is 470 g/mol. The van der Waals surface area contributed by atoms with Gasteiger partial charge in [-0.05, 0) is 38.1 Å². The van der Waals surface area contributed by atoms with Crippen LogP contribution in [0.15, 0.2) is 36.7 Å². The summed E-state index contributed by atoms with van der Waals surface area (Å²) in [5.74, 6) is 0.880. The highest BCUT2D eigenvalue weighted by Gasteiger charge is 2.24. The highest BCUT2D eigenvalue weighted by Crippen LogP contribution is 2.30. The van der Waals surface area contributed by atoms with Gasteiger partial charge >= 0.3 is 0 Å². The van der Waals surface area contributed by atoms with Crippen LogP contribution in [0.25, 0.3) is 11.4 Å². The first-order valence-electron chi connectivity index (χ1n) is 10.9. The van der Waals surface area contributed by atoms with Crippen molar-refractivity contribution in [1.82, 2.24) is 29.5 Å². The van der Waals surface area contributed by atoms with Crippen LogP contribution in [0, 0.1) is 0 Å². The van der Waals surface area contributed by atoms with Crippen molar-refractivity contribution in [3.63, 3.8) is 0 Å². The van der Waals surface area contributed by atoms with Gasteiger partial charge in [0.25, 0.3) is 5.91 Å². The molecule has 0 unspecified atom stereocenters. The van der Waals surface area contributed by atoms with E-state index >= 15 is 0 Å². The summed E-state index contributed by atoms with van der Waals surface area (Å²) in [6, 6.07) is 7.66. The number of halogens is 1. The Balaban J connectivity index is 1.51. The zero-order chi connectivity index (χ0) is 23.5. The molecule has 1 aliphatic heterocycles. The molecule has 4 rings (SSSR count). The number of rotatable bonds is 6. The summed E-state index contributed by atoms with van der Waals surface area (Å²) in [5.41, 5.74) is 2.41. The van der Waals surface area contributed by atoms with Crippen LogP contribution in [0.3, 0.4) is 0 Å². The van der Waals surface area contributed by atoms with E-state index in [1.165, 1.54) is 6.20 Å². The number of carbonyl (C=O) groups excluding carboxylic acids is 1. The number of anilines is 2. The average Bonchev–Trinajstić information content (AvgIpc) is 3.26. The number of carbonyl (C=O) groups is 1. The molecule has 10 heteroatoms. The van der Waals surface area contributed by atoms with Gasteiger partial charge in [-0.15, -0.1) is 0 Å². The maximum absolute atomic E-state index is 13.0. The van der Waals surface area contributed by atoms with Gasteiger partial charge in [0, 0.05) is 51.0 Å². The lowest BCUT2D eigenvalue weighted by atomic mass is 10.1. The first-order chi connectivity index (χ1) is 15.9. The molecule has 0 saturated carbocycles. The number of piperazine rings is 1. The lowest BCUT2D eigenvalue weighted by molar-refractivity contribution is 0.0595. The normalized spacial score (nSPS) is 14.5. The number of nitrogens with zero attached hydrogens (tertiary/aromatic N) is 6. The highest BCUT2D eigenvalue weighted by molar-refractivity contribution is 6.32. The molecule has 0 aliphatic carbocycles. The van der Waals surface area contributed by atoms with E-state index in [2.05, 4.69) is 39.1 Å². The highest BCUT2D eigenvalue weighted by atomic mass is 35.5. The number of aryl methyl sites for hydroxylation is 1. The number of hydrogen-bond donors (Lipinski definition) is 1. The van der Waals surface area contributed by atoms with E-state index in [0.29, 0.717) is 58.5 Å². The minimum absolute atomic E-state index is 0.00318. The first-order valence-corrected chi connectivity index (χ1v) is 11.2. The van der Waals surface area contributed by atoms with Crippen LogP contribution in [-0.2, 0) is 7.05 Å². The number of benzene rings is 1. The standard InChI is InChI=1S/C23H28ClN7O2/c1-15(2)30-9-11-31(12-10-30)22(32)16-5-6-18(20(13-16)33-4)26-23-25-14-17(24)21(27-23)19-7-8-29(3)28-19/h5-8,13-15H,9-12H2,1-4H3,(H,25,26,27). The predicted molar refractivity (Wildman–Crippen MR) is 128 cm³/mol. The lowest BCUT2D eigenvalue weighted by Gasteiger charge is -2.37. The van der Waals surface area contributed by atoms with E-state index in [9.17, 15) is 4.79 Å². The van der Waals surface area contributed by atoms with Crippen molar-refractivity contribution in [2.45, 2.75) is 19.9 Å². The monoisotopic (exact) mass is 469 g/mol. The Kier molecular flexibility index (Phi) is 6.80. The number of amides is 1.